The van der Waals surface area contributed by atoms with Crippen LogP contribution in [0.5, 0.6) is 0 Å². The number of Topliss-reactive ketones (excluding diaryl/α,β-unsaturated/α-hetero) is 1. The van der Waals surface area contributed by atoms with Crippen molar-refractivity contribution in [3.05, 3.63) is 29.3 Å². The third kappa shape index (κ3) is 3.21. The van der Waals surface area contributed by atoms with E-state index in [4.69, 9.17) is 0 Å². The van der Waals surface area contributed by atoms with Crippen LogP contribution in [0, 0.1) is 13.8 Å². The van der Waals surface area contributed by atoms with Gasteiger partial charge in [0.15, 0.2) is 0 Å². The maximum atomic E-state index is 10.7. The lowest BCUT2D eigenvalue weighted by molar-refractivity contribution is -0.116. The molecule has 0 unspecified atom stereocenters. The quantitative estimate of drug-likeness (QED) is 0.792. The number of carbonyl (C=O) groups is 1. The minimum atomic E-state index is 0.224. The van der Waals surface area contributed by atoms with Gasteiger partial charge in [-0.3, -0.25) is 4.79 Å². The molecule has 0 amide bonds. The third-order valence-electron chi connectivity index (χ3n) is 2.17. The molecule has 1 aromatic rings. The van der Waals surface area contributed by atoms with Crippen molar-refractivity contribution < 1.29 is 4.79 Å². The fourth-order valence-corrected chi connectivity index (χ4v) is 1.39. The summed E-state index contributed by atoms with van der Waals surface area (Å²) in [5.74, 6) is 0.224. The van der Waals surface area contributed by atoms with E-state index in [2.05, 4.69) is 37.4 Å². The molecule has 0 aliphatic rings. The highest BCUT2D eigenvalue weighted by Crippen LogP contribution is 2.15. The first-order valence-corrected chi connectivity index (χ1v) is 4.90. The van der Waals surface area contributed by atoms with Crippen molar-refractivity contribution in [3.8, 4) is 0 Å². The van der Waals surface area contributed by atoms with Crippen LogP contribution in [-0.4, -0.2) is 12.3 Å². The molecule has 2 nitrogen and oxygen atoms in total. The molecule has 76 valence electrons. The number of benzene rings is 1. The van der Waals surface area contributed by atoms with Gasteiger partial charge in [0.05, 0.1) is 0 Å². The van der Waals surface area contributed by atoms with Crippen molar-refractivity contribution in [3.63, 3.8) is 0 Å². The van der Waals surface area contributed by atoms with E-state index in [1.165, 1.54) is 11.1 Å². The molecule has 0 atom stereocenters. The van der Waals surface area contributed by atoms with Gasteiger partial charge < -0.3 is 5.32 Å². The van der Waals surface area contributed by atoms with Crippen LogP contribution in [-0.2, 0) is 4.79 Å². The zero-order chi connectivity index (χ0) is 10.6. The Morgan fingerprint density at radius 3 is 2.64 bits per heavy atom. The lowest BCUT2D eigenvalue weighted by atomic mass is 10.1. The lowest BCUT2D eigenvalue weighted by Crippen LogP contribution is -2.06. The fourth-order valence-electron chi connectivity index (χ4n) is 1.39. The molecular weight excluding hydrogens is 174 g/mol. The fraction of sp³-hybridized carbons (Fsp3) is 0.417. The summed E-state index contributed by atoms with van der Waals surface area (Å²) in [5.41, 5.74) is 3.62. The van der Waals surface area contributed by atoms with E-state index in [-0.39, 0.29) is 5.78 Å². The highest BCUT2D eigenvalue weighted by atomic mass is 16.1. The van der Waals surface area contributed by atoms with E-state index in [1.54, 1.807) is 6.92 Å². The maximum absolute atomic E-state index is 10.7. The van der Waals surface area contributed by atoms with E-state index in [1.807, 2.05) is 0 Å². The van der Waals surface area contributed by atoms with E-state index < -0.39 is 0 Å². The molecule has 1 aromatic carbocycles. The van der Waals surface area contributed by atoms with Crippen molar-refractivity contribution in [1.29, 1.82) is 0 Å². The van der Waals surface area contributed by atoms with Gasteiger partial charge in [0.25, 0.3) is 0 Å². The molecule has 0 fully saturated rings. The van der Waals surface area contributed by atoms with Crippen molar-refractivity contribution in [2.24, 2.45) is 0 Å². The van der Waals surface area contributed by atoms with Gasteiger partial charge in [-0.05, 0) is 32.4 Å². The molecular formula is C12H17NO. The summed E-state index contributed by atoms with van der Waals surface area (Å²) in [6.07, 6.45) is 0.591. The maximum Gasteiger partial charge on any atom is 0.131 e. The van der Waals surface area contributed by atoms with Crippen molar-refractivity contribution in [2.45, 2.75) is 27.2 Å². The zero-order valence-electron chi connectivity index (χ0n) is 9.05. The van der Waals surface area contributed by atoms with Gasteiger partial charge in [-0.25, -0.2) is 0 Å². The molecule has 0 bridgehead atoms. The normalized spacial score (nSPS) is 9.93. The molecule has 2 heteroatoms. The van der Waals surface area contributed by atoms with Gasteiger partial charge in [0, 0.05) is 18.7 Å². The predicted octanol–water partition coefficient (Wildman–Crippen LogP) is 2.69. The molecule has 14 heavy (non-hydrogen) atoms. The minimum absolute atomic E-state index is 0.224. The Hall–Kier alpha value is -1.31. The summed E-state index contributed by atoms with van der Waals surface area (Å²) in [4.78, 5) is 10.7. The van der Waals surface area contributed by atoms with Gasteiger partial charge >= 0.3 is 0 Å². The van der Waals surface area contributed by atoms with Gasteiger partial charge in [-0.1, -0.05) is 17.7 Å². The summed E-state index contributed by atoms with van der Waals surface area (Å²) < 4.78 is 0. The van der Waals surface area contributed by atoms with Crippen LogP contribution in [0.15, 0.2) is 18.2 Å². The first-order chi connectivity index (χ1) is 6.59. The second-order valence-electron chi connectivity index (χ2n) is 3.70. The van der Waals surface area contributed by atoms with Crippen LogP contribution >= 0.6 is 0 Å². The van der Waals surface area contributed by atoms with Gasteiger partial charge in [0.2, 0.25) is 0 Å². The molecule has 1 N–H and O–H groups in total. The zero-order valence-corrected chi connectivity index (χ0v) is 9.05. The molecule has 0 heterocycles. The summed E-state index contributed by atoms with van der Waals surface area (Å²) in [7, 11) is 0. The molecule has 0 saturated carbocycles. The number of ketones is 1. The average Bonchev–Trinajstić information content (AvgIpc) is 2.08. The van der Waals surface area contributed by atoms with Crippen molar-refractivity contribution in [2.75, 3.05) is 11.9 Å². The highest BCUT2D eigenvalue weighted by molar-refractivity contribution is 5.76. The summed E-state index contributed by atoms with van der Waals surface area (Å²) in [6, 6.07) is 6.27. The highest BCUT2D eigenvalue weighted by Gasteiger charge is 1.98. The number of nitrogens with one attached hydrogen (secondary N) is 1. The summed E-state index contributed by atoms with van der Waals surface area (Å²) in [6.45, 7) is 6.48. The number of hydrogen-bond donors (Lipinski definition) is 1. The van der Waals surface area contributed by atoms with Gasteiger partial charge in [-0.15, -0.1) is 0 Å². The van der Waals surface area contributed by atoms with Crippen molar-refractivity contribution >= 4 is 11.5 Å². The number of rotatable bonds is 4. The van der Waals surface area contributed by atoms with E-state index in [9.17, 15) is 4.79 Å². The minimum Gasteiger partial charge on any atom is -0.384 e. The Morgan fingerprint density at radius 1 is 1.36 bits per heavy atom. The van der Waals surface area contributed by atoms with Crippen LogP contribution in [0.3, 0.4) is 0 Å². The van der Waals surface area contributed by atoms with Crippen molar-refractivity contribution in [1.82, 2.24) is 0 Å². The second-order valence-corrected chi connectivity index (χ2v) is 3.70. The SMILES string of the molecule is CC(=O)CCNc1ccc(C)cc1C. The van der Waals surface area contributed by atoms with E-state index >= 15 is 0 Å². The average molecular weight is 191 g/mol. The number of hydrogen-bond acceptors (Lipinski definition) is 2. The molecule has 0 radical (unpaired) electrons. The smallest absolute Gasteiger partial charge is 0.131 e. The largest absolute Gasteiger partial charge is 0.384 e. The first kappa shape index (κ1) is 10.8. The Bertz CT molecular complexity index is 331. The monoisotopic (exact) mass is 191 g/mol. The van der Waals surface area contributed by atoms with Gasteiger partial charge in [0.1, 0.15) is 5.78 Å². The molecule has 0 aliphatic carbocycles. The predicted molar refractivity (Wildman–Crippen MR) is 59.7 cm³/mol. The topological polar surface area (TPSA) is 29.1 Å². The molecule has 0 saturated heterocycles. The second kappa shape index (κ2) is 4.80. The number of anilines is 1. The van der Waals surface area contributed by atoms with Crippen LogP contribution in [0.25, 0.3) is 0 Å². The molecule has 0 aliphatic heterocycles. The van der Waals surface area contributed by atoms with E-state index in [0.717, 1.165) is 12.2 Å². The van der Waals surface area contributed by atoms with Crippen LogP contribution in [0.1, 0.15) is 24.5 Å². The Labute approximate surface area is 85.3 Å². The van der Waals surface area contributed by atoms with E-state index in [0.29, 0.717) is 6.42 Å². The number of aryl methyl sites for hydroxylation is 2. The molecule has 0 aromatic heterocycles. The molecule has 0 spiro atoms. The Balaban J connectivity index is 2.55. The molecule has 1 rings (SSSR count). The van der Waals surface area contributed by atoms with Gasteiger partial charge in [-0.2, -0.15) is 0 Å². The Morgan fingerprint density at radius 2 is 2.07 bits per heavy atom. The summed E-state index contributed by atoms with van der Waals surface area (Å²) in [5, 5.41) is 3.25. The van der Waals surface area contributed by atoms with Crippen LogP contribution in [0.4, 0.5) is 5.69 Å². The first-order valence-electron chi connectivity index (χ1n) is 4.90. The lowest BCUT2D eigenvalue weighted by Gasteiger charge is -2.08. The van der Waals surface area contributed by atoms with Crippen LogP contribution < -0.4 is 5.32 Å². The standard InChI is InChI=1S/C12H17NO/c1-9-4-5-12(10(2)8-9)13-7-6-11(3)14/h4-5,8,13H,6-7H2,1-3H3. The third-order valence-corrected chi connectivity index (χ3v) is 2.17. The summed E-state index contributed by atoms with van der Waals surface area (Å²) >= 11 is 0. The van der Waals surface area contributed by atoms with Crippen LogP contribution in [0.2, 0.25) is 0 Å². The Kier molecular flexibility index (Phi) is 3.69. The number of carbonyl (C=O) groups excluding carboxylic acids is 1.